The number of aryl methyl sites for hydroxylation is 1. The Morgan fingerprint density at radius 1 is 0.955 bits per heavy atom. The zero-order chi connectivity index (χ0) is 15.8. The Hall–Kier alpha value is -2.49. The summed E-state index contributed by atoms with van der Waals surface area (Å²) >= 11 is 0. The summed E-state index contributed by atoms with van der Waals surface area (Å²) in [7, 11) is 0. The molecule has 0 fully saturated rings. The first-order valence-corrected chi connectivity index (χ1v) is 7.39. The van der Waals surface area contributed by atoms with E-state index in [-0.39, 0.29) is 5.91 Å². The van der Waals surface area contributed by atoms with E-state index in [1.165, 1.54) is 5.56 Å². The first-order chi connectivity index (χ1) is 10.7. The molecule has 0 aromatic heterocycles. The fraction of sp³-hybridized carbons (Fsp3) is 0.278. The van der Waals surface area contributed by atoms with Crippen LogP contribution in [0.5, 0.6) is 11.5 Å². The van der Waals surface area contributed by atoms with Crippen LogP contribution >= 0.6 is 0 Å². The SMILES string of the molecule is CCOc1ccc(C(=O)NCCOc2ccc(C)cc2)cc1. The molecule has 2 rings (SSSR count). The lowest BCUT2D eigenvalue weighted by atomic mass is 10.2. The Labute approximate surface area is 131 Å². The normalized spacial score (nSPS) is 10.1. The standard InChI is InChI=1S/C18H21NO3/c1-3-21-16-10-6-15(7-11-16)18(20)19-12-13-22-17-8-4-14(2)5-9-17/h4-11H,3,12-13H2,1-2H3,(H,19,20). The Kier molecular flexibility index (Phi) is 5.83. The lowest BCUT2D eigenvalue weighted by Gasteiger charge is -2.08. The topological polar surface area (TPSA) is 47.6 Å². The molecule has 0 saturated heterocycles. The Morgan fingerprint density at radius 3 is 2.18 bits per heavy atom. The largest absolute Gasteiger partial charge is 0.494 e. The number of rotatable bonds is 7. The van der Waals surface area contributed by atoms with Crippen molar-refractivity contribution in [1.29, 1.82) is 0 Å². The molecule has 0 radical (unpaired) electrons. The smallest absolute Gasteiger partial charge is 0.251 e. The molecule has 0 atom stereocenters. The van der Waals surface area contributed by atoms with Gasteiger partial charge in [0.1, 0.15) is 18.1 Å². The molecule has 1 N–H and O–H groups in total. The summed E-state index contributed by atoms with van der Waals surface area (Å²) in [6.07, 6.45) is 0. The van der Waals surface area contributed by atoms with Gasteiger partial charge >= 0.3 is 0 Å². The maximum atomic E-state index is 12.0. The number of nitrogens with one attached hydrogen (secondary N) is 1. The molecular weight excluding hydrogens is 278 g/mol. The van der Waals surface area contributed by atoms with Gasteiger partial charge in [0.15, 0.2) is 0 Å². The van der Waals surface area contributed by atoms with E-state index in [9.17, 15) is 4.79 Å². The van der Waals surface area contributed by atoms with Crippen molar-refractivity contribution in [2.75, 3.05) is 19.8 Å². The molecule has 2 aromatic rings. The summed E-state index contributed by atoms with van der Waals surface area (Å²) in [5.74, 6) is 1.46. The van der Waals surface area contributed by atoms with Gasteiger partial charge in [-0.15, -0.1) is 0 Å². The van der Waals surface area contributed by atoms with E-state index in [0.29, 0.717) is 25.3 Å². The molecule has 0 aliphatic carbocycles. The van der Waals surface area contributed by atoms with Crippen molar-refractivity contribution in [3.8, 4) is 11.5 Å². The summed E-state index contributed by atoms with van der Waals surface area (Å²) in [6.45, 7) is 5.46. The fourth-order valence-electron chi connectivity index (χ4n) is 1.94. The van der Waals surface area contributed by atoms with Crippen molar-refractivity contribution in [2.24, 2.45) is 0 Å². The van der Waals surface area contributed by atoms with Crippen molar-refractivity contribution < 1.29 is 14.3 Å². The third-order valence-electron chi connectivity index (χ3n) is 3.10. The van der Waals surface area contributed by atoms with Gasteiger partial charge in [0.05, 0.1) is 13.2 Å². The molecule has 0 aliphatic heterocycles. The molecule has 0 bridgehead atoms. The number of amides is 1. The van der Waals surface area contributed by atoms with Gasteiger partial charge < -0.3 is 14.8 Å². The summed E-state index contributed by atoms with van der Waals surface area (Å²) in [4.78, 5) is 12.0. The highest BCUT2D eigenvalue weighted by Crippen LogP contribution is 2.12. The molecule has 1 amide bonds. The summed E-state index contributed by atoms with van der Waals surface area (Å²) in [5, 5.41) is 2.83. The highest BCUT2D eigenvalue weighted by atomic mass is 16.5. The van der Waals surface area contributed by atoms with Crippen LogP contribution in [0.2, 0.25) is 0 Å². The predicted octanol–water partition coefficient (Wildman–Crippen LogP) is 3.20. The predicted molar refractivity (Wildman–Crippen MR) is 86.6 cm³/mol. The second-order valence-corrected chi connectivity index (χ2v) is 4.87. The monoisotopic (exact) mass is 299 g/mol. The van der Waals surface area contributed by atoms with Gasteiger partial charge in [-0.25, -0.2) is 0 Å². The number of carbonyl (C=O) groups excluding carboxylic acids is 1. The average molecular weight is 299 g/mol. The number of hydrogen-bond donors (Lipinski definition) is 1. The third-order valence-corrected chi connectivity index (χ3v) is 3.10. The van der Waals surface area contributed by atoms with Crippen molar-refractivity contribution in [1.82, 2.24) is 5.32 Å². The molecular formula is C18H21NO3. The first-order valence-electron chi connectivity index (χ1n) is 7.39. The van der Waals surface area contributed by atoms with Crippen LogP contribution in [0.25, 0.3) is 0 Å². The zero-order valence-corrected chi connectivity index (χ0v) is 13.0. The molecule has 4 nitrogen and oxygen atoms in total. The minimum Gasteiger partial charge on any atom is -0.494 e. The second kappa shape index (κ2) is 8.08. The van der Waals surface area contributed by atoms with Crippen LogP contribution in [0.15, 0.2) is 48.5 Å². The van der Waals surface area contributed by atoms with Crippen LogP contribution in [-0.4, -0.2) is 25.7 Å². The van der Waals surface area contributed by atoms with E-state index < -0.39 is 0 Å². The Morgan fingerprint density at radius 2 is 1.55 bits per heavy atom. The average Bonchev–Trinajstić information content (AvgIpc) is 2.54. The van der Waals surface area contributed by atoms with Crippen molar-refractivity contribution in [2.45, 2.75) is 13.8 Å². The van der Waals surface area contributed by atoms with E-state index >= 15 is 0 Å². The lowest BCUT2D eigenvalue weighted by Crippen LogP contribution is -2.28. The van der Waals surface area contributed by atoms with Crippen LogP contribution in [0.4, 0.5) is 0 Å². The number of carbonyl (C=O) groups is 1. The van der Waals surface area contributed by atoms with Gasteiger partial charge in [0, 0.05) is 5.56 Å². The van der Waals surface area contributed by atoms with Crippen LogP contribution in [0.3, 0.4) is 0 Å². The molecule has 2 aromatic carbocycles. The number of ether oxygens (including phenoxy) is 2. The minimum absolute atomic E-state index is 0.115. The lowest BCUT2D eigenvalue weighted by molar-refractivity contribution is 0.0947. The Bertz CT molecular complexity index is 591. The first kappa shape index (κ1) is 15.9. The molecule has 4 heteroatoms. The number of hydrogen-bond acceptors (Lipinski definition) is 3. The maximum absolute atomic E-state index is 12.0. The zero-order valence-electron chi connectivity index (χ0n) is 13.0. The van der Waals surface area contributed by atoms with Gasteiger partial charge in [-0.05, 0) is 50.2 Å². The van der Waals surface area contributed by atoms with Gasteiger partial charge in [0.25, 0.3) is 5.91 Å². The van der Waals surface area contributed by atoms with Gasteiger partial charge in [-0.2, -0.15) is 0 Å². The molecule has 0 spiro atoms. The van der Waals surface area contributed by atoms with Gasteiger partial charge in [-0.3, -0.25) is 4.79 Å². The molecule has 0 heterocycles. The Balaban J connectivity index is 1.74. The highest BCUT2D eigenvalue weighted by molar-refractivity contribution is 5.94. The van der Waals surface area contributed by atoms with Crippen LogP contribution in [0.1, 0.15) is 22.8 Å². The number of benzene rings is 2. The summed E-state index contributed by atoms with van der Waals surface area (Å²) in [5.41, 5.74) is 1.80. The highest BCUT2D eigenvalue weighted by Gasteiger charge is 2.05. The van der Waals surface area contributed by atoms with Crippen LogP contribution < -0.4 is 14.8 Å². The third kappa shape index (κ3) is 4.81. The summed E-state index contributed by atoms with van der Waals surface area (Å²) < 4.78 is 10.9. The van der Waals surface area contributed by atoms with E-state index in [4.69, 9.17) is 9.47 Å². The van der Waals surface area contributed by atoms with Gasteiger partial charge in [-0.1, -0.05) is 17.7 Å². The van der Waals surface area contributed by atoms with Crippen LogP contribution in [0, 0.1) is 6.92 Å². The van der Waals surface area contributed by atoms with Crippen molar-refractivity contribution >= 4 is 5.91 Å². The van der Waals surface area contributed by atoms with Crippen molar-refractivity contribution in [3.05, 3.63) is 59.7 Å². The van der Waals surface area contributed by atoms with E-state index in [1.807, 2.05) is 38.1 Å². The van der Waals surface area contributed by atoms with Gasteiger partial charge in [0.2, 0.25) is 0 Å². The van der Waals surface area contributed by atoms with E-state index in [1.54, 1.807) is 24.3 Å². The molecule has 22 heavy (non-hydrogen) atoms. The minimum atomic E-state index is -0.115. The fourth-order valence-corrected chi connectivity index (χ4v) is 1.94. The van der Waals surface area contributed by atoms with Crippen LogP contribution in [-0.2, 0) is 0 Å². The molecule has 0 unspecified atom stereocenters. The van der Waals surface area contributed by atoms with E-state index in [2.05, 4.69) is 5.32 Å². The summed E-state index contributed by atoms with van der Waals surface area (Å²) in [6, 6.07) is 14.9. The second-order valence-electron chi connectivity index (χ2n) is 4.87. The molecule has 0 aliphatic rings. The molecule has 116 valence electrons. The maximum Gasteiger partial charge on any atom is 0.251 e. The quantitative estimate of drug-likeness (QED) is 0.799. The van der Waals surface area contributed by atoms with Crippen molar-refractivity contribution in [3.63, 3.8) is 0 Å². The molecule has 0 saturated carbocycles. The van der Waals surface area contributed by atoms with E-state index in [0.717, 1.165) is 11.5 Å².